The number of thiophene rings is 1. The lowest BCUT2D eigenvalue weighted by Gasteiger charge is -2.19. The van der Waals surface area contributed by atoms with Crippen LogP contribution in [0.25, 0.3) is 0 Å². The summed E-state index contributed by atoms with van der Waals surface area (Å²) in [5, 5.41) is 4.99. The van der Waals surface area contributed by atoms with Crippen LogP contribution in [0.3, 0.4) is 0 Å². The molecule has 0 atom stereocenters. The first-order chi connectivity index (χ1) is 8.77. The van der Waals surface area contributed by atoms with Crippen molar-refractivity contribution in [3.05, 3.63) is 21.9 Å². The molecule has 1 N–H and O–H groups in total. The molecular weight excluding hydrogens is 244 g/mol. The summed E-state index contributed by atoms with van der Waals surface area (Å²) in [6.07, 6.45) is 5.32. The third-order valence-corrected chi connectivity index (χ3v) is 4.50. The van der Waals surface area contributed by atoms with Gasteiger partial charge in [0.25, 0.3) is 5.91 Å². The molecule has 2 heterocycles. The molecule has 18 heavy (non-hydrogen) atoms. The first kappa shape index (κ1) is 13.6. The average molecular weight is 266 g/mol. The Morgan fingerprint density at radius 3 is 2.67 bits per heavy atom. The summed E-state index contributed by atoms with van der Waals surface area (Å²) in [6, 6.07) is 1.99. The summed E-state index contributed by atoms with van der Waals surface area (Å²) in [6.45, 7) is 6.11. The Balaban J connectivity index is 1.71. The van der Waals surface area contributed by atoms with Gasteiger partial charge in [0.1, 0.15) is 0 Å². The fraction of sp³-hybridized carbons (Fsp3) is 0.643. The third-order valence-electron chi connectivity index (χ3n) is 3.48. The molecule has 0 saturated carbocycles. The molecule has 4 heteroatoms. The van der Waals surface area contributed by atoms with E-state index in [9.17, 15) is 4.79 Å². The van der Waals surface area contributed by atoms with Crippen molar-refractivity contribution < 1.29 is 4.79 Å². The zero-order chi connectivity index (χ0) is 12.8. The number of likely N-dealkylation sites (tertiary alicyclic amines) is 1. The van der Waals surface area contributed by atoms with E-state index in [1.165, 1.54) is 50.1 Å². The van der Waals surface area contributed by atoms with Gasteiger partial charge in [0.15, 0.2) is 0 Å². The first-order valence-electron chi connectivity index (χ1n) is 6.82. The Labute approximate surface area is 113 Å². The fourth-order valence-electron chi connectivity index (χ4n) is 2.37. The van der Waals surface area contributed by atoms with E-state index in [0.29, 0.717) is 0 Å². The van der Waals surface area contributed by atoms with Gasteiger partial charge in [0.05, 0.1) is 4.88 Å². The Kier molecular flexibility index (Phi) is 5.20. The molecule has 2 rings (SSSR count). The molecule has 1 saturated heterocycles. The van der Waals surface area contributed by atoms with E-state index in [-0.39, 0.29) is 5.91 Å². The van der Waals surface area contributed by atoms with Crippen LogP contribution in [0.4, 0.5) is 0 Å². The van der Waals surface area contributed by atoms with Crippen LogP contribution in [-0.2, 0) is 0 Å². The Morgan fingerprint density at radius 1 is 1.33 bits per heavy atom. The number of aryl methyl sites for hydroxylation is 1. The van der Waals surface area contributed by atoms with Gasteiger partial charge in [0, 0.05) is 13.1 Å². The summed E-state index contributed by atoms with van der Waals surface area (Å²) in [5.41, 5.74) is 1.08. The maximum atomic E-state index is 11.9. The van der Waals surface area contributed by atoms with Crippen LogP contribution in [0.1, 0.15) is 40.9 Å². The van der Waals surface area contributed by atoms with Crippen LogP contribution in [0.2, 0.25) is 0 Å². The van der Waals surface area contributed by atoms with Crippen LogP contribution in [0, 0.1) is 6.92 Å². The van der Waals surface area contributed by atoms with Crippen molar-refractivity contribution in [2.45, 2.75) is 32.6 Å². The number of nitrogens with zero attached hydrogens (tertiary/aromatic N) is 1. The molecule has 0 radical (unpaired) electrons. The molecule has 1 amide bonds. The molecule has 1 fully saturated rings. The van der Waals surface area contributed by atoms with Crippen molar-refractivity contribution in [1.29, 1.82) is 0 Å². The Bertz CT molecular complexity index is 381. The summed E-state index contributed by atoms with van der Waals surface area (Å²) in [5.74, 6) is 0.0809. The monoisotopic (exact) mass is 266 g/mol. The SMILES string of the molecule is Cc1ccsc1C(=O)NCCN1CCCCCC1. The molecule has 0 bridgehead atoms. The lowest BCUT2D eigenvalue weighted by atomic mass is 10.2. The van der Waals surface area contributed by atoms with Crippen molar-refractivity contribution in [1.82, 2.24) is 10.2 Å². The second kappa shape index (κ2) is 6.90. The fourth-order valence-corrected chi connectivity index (χ4v) is 3.21. The highest BCUT2D eigenvalue weighted by atomic mass is 32.1. The van der Waals surface area contributed by atoms with Crippen LogP contribution in [0.5, 0.6) is 0 Å². The second-order valence-electron chi connectivity index (χ2n) is 4.94. The maximum absolute atomic E-state index is 11.9. The molecule has 3 nitrogen and oxygen atoms in total. The standard InChI is InChI=1S/C14H22N2OS/c1-12-6-11-18-13(12)14(17)15-7-10-16-8-4-2-3-5-9-16/h6,11H,2-5,7-10H2,1H3,(H,15,17). The number of amides is 1. The molecule has 1 aromatic heterocycles. The van der Waals surface area contributed by atoms with Gasteiger partial charge < -0.3 is 10.2 Å². The zero-order valence-corrected chi connectivity index (χ0v) is 11.9. The van der Waals surface area contributed by atoms with E-state index < -0.39 is 0 Å². The number of hydrogen-bond acceptors (Lipinski definition) is 3. The third kappa shape index (κ3) is 3.82. The maximum Gasteiger partial charge on any atom is 0.261 e. The Hall–Kier alpha value is -0.870. The van der Waals surface area contributed by atoms with Gasteiger partial charge in [-0.15, -0.1) is 11.3 Å². The molecular formula is C14H22N2OS. The van der Waals surface area contributed by atoms with Gasteiger partial charge in [-0.25, -0.2) is 0 Å². The molecule has 100 valence electrons. The van der Waals surface area contributed by atoms with Crippen molar-refractivity contribution in [2.75, 3.05) is 26.2 Å². The predicted octanol–water partition coefficient (Wildman–Crippen LogP) is 2.66. The normalized spacial score (nSPS) is 17.4. The smallest absolute Gasteiger partial charge is 0.261 e. The van der Waals surface area contributed by atoms with Gasteiger partial charge in [0.2, 0.25) is 0 Å². The molecule has 0 aromatic carbocycles. The highest BCUT2D eigenvalue weighted by molar-refractivity contribution is 7.12. The summed E-state index contributed by atoms with van der Waals surface area (Å²) in [7, 11) is 0. The van der Waals surface area contributed by atoms with E-state index >= 15 is 0 Å². The van der Waals surface area contributed by atoms with Crippen molar-refractivity contribution in [3.63, 3.8) is 0 Å². The second-order valence-corrected chi connectivity index (χ2v) is 5.86. The largest absolute Gasteiger partial charge is 0.350 e. The van der Waals surface area contributed by atoms with Gasteiger partial charge >= 0.3 is 0 Å². The molecule has 0 aliphatic carbocycles. The molecule has 1 aliphatic heterocycles. The van der Waals surface area contributed by atoms with Gasteiger partial charge in [-0.1, -0.05) is 12.8 Å². The minimum atomic E-state index is 0.0809. The number of rotatable bonds is 4. The van der Waals surface area contributed by atoms with Gasteiger partial charge in [-0.3, -0.25) is 4.79 Å². The van der Waals surface area contributed by atoms with Gasteiger partial charge in [-0.05, 0) is 49.9 Å². The zero-order valence-electron chi connectivity index (χ0n) is 11.1. The minimum Gasteiger partial charge on any atom is -0.350 e. The highest BCUT2D eigenvalue weighted by Gasteiger charge is 2.11. The van der Waals surface area contributed by atoms with Crippen molar-refractivity contribution in [3.8, 4) is 0 Å². The summed E-state index contributed by atoms with van der Waals surface area (Å²) < 4.78 is 0. The lowest BCUT2D eigenvalue weighted by molar-refractivity contribution is 0.0952. The lowest BCUT2D eigenvalue weighted by Crippen LogP contribution is -2.35. The van der Waals surface area contributed by atoms with E-state index in [1.54, 1.807) is 0 Å². The number of carbonyl (C=O) groups is 1. The van der Waals surface area contributed by atoms with Crippen LogP contribution in [0.15, 0.2) is 11.4 Å². The number of nitrogens with one attached hydrogen (secondary N) is 1. The van der Waals surface area contributed by atoms with E-state index in [4.69, 9.17) is 0 Å². The van der Waals surface area contributed by atoms with E-state index in [2.05, 4.69) is 10.2 Å². The summed E-state index contributed by atoms with van der Waals surface area (Å²) in [4.78, 5) is 15.2. The van der Waals surface area contributed by atoms with Crippen LogP contribution >= 0.6 is 11.3 Å². The molecule has 1 aliphatic rings. The van der Waals surface area contributed by atoms with E-state index in [0.717, 1.165) is 23.5 Å². The van der Waals surface area contributed by atoms with Crippen molar-refractivity contribution in [2.24, 2.45) is 0 Å². The number of hydrogen-bond donors (Lipinski definition) is 1. The number of carbonyl (C=O) groups excluding carboxylic acids is 1. The predicted molar refractivity (Wildman–Crippen MR) is 76.3 cm³/mol. The van der Waals surface area contributed by atoms with Gasteiger partial charge in [-0.2, -0.15) is 0 Å². The van der Waals surface area contributed by atoms with Crippen molar-refractivity contribution >= 4 is 17.2 Å². The molecule has 0 spiro atoms. The summed E-state index contributed by atoms with van der Waals surface area (Å²) >= 11 is 1.52. The molecule has 0 unspecified atom stereocenters. The van der Waals surface area contributed by atoms with Crippen LogP contribution < -0.4 is 5.32 Å². The quantitative estimate of drug-likeness (QED) is 0.908. The Morgan fingerprint density at radius 2 is 2.06 bits per heavy atom. The molecule has 1 aromatic rings. The average Bonchev–Trinajstić information content (AvgIpc) is 2.63. The first-order valence-corrected chi connectivity index (χ1v) is 7.70. The van der Waals surface area contributed by atoms with Crippen LogP contribution in [-0.4, -0.2) is 37.0 Å². The topological polar surface area (TPSA) is 32.3 Å². The highest BCUT2D eigenvalue weighted by Crippen LogP contribution is 2.15. The minimum absolute atomic E-state index is 0.0809. The van der Waals surface area contributed by atoms with E-state index in [1.807, 2.05) is 18.4 Å².